The van der Waals surface area contributed by atoms with Crippen molar-refractivity contribution in [2.75, 3.05) is 26.6 Å². The second kappa shape index (κ2) is 6.31. The maximum absolute atomic E-state index is 11.9. The maximum atomic E-state index is 11.9. The highest BCUT2D eigenvalue weighted by atomic mass is 16.6. The molecule has 1 aromatic heterocycles. The topological polar surface area (TPSA) is 109 Å². The molecule has 1 aliphatic rings. The van der Waals surface area contributed by atoms with Gasteiger partial charge in [0.1, 0.15) is 18.1 Å². The van der Waals surface area contributed by atoms with Crippen LogP contribution < -0.4 is 11.4 Å². The van der Waals surface area contributed by atoms with Crippen molar-refractivity contribution in [3.63, 3.8) is 0 Å². The standard InChI is InChI=1S/C12H19N3O5/c1-18-5-7-4-15(12(17)14-11(7)13)10-3-8(16)9(20-10)6-19-2/h4,8-10,16H,3,5-6H2,1-2H3,(H2,13,14,17)/t8-,9+,10+/m0/s1. The van der Waals surface area contributed by atoms with Crippen molar-refractivity contribution in [1.29, 1.82) is 0 Å². The lowest BCUT2D eigenvalue weighted by Crippen LogP contribution is -2.29. The van der Waals surface area contributed by atoms with Crippen molar-refractivity contribution in [1.82, 2.24) is 9.55 Å². The first-order chi connectivity index (χ1) is 9.56. The SMILES string of the molecule is COCc1cn([C@H]2C[C@H](O)[C@@H](COC)O2)c(=O)nc1N. The van der Waals surface area contributed by atoms with Crippen LogP contribution in [-0.4, -0.2) is 47.7 Å². The zero-order valence-corrected chi connectivity index (χ0v) is 11.5. The lowest BCUT2D eigenvalue weighted by Gasteiger charge is -2.16. The molecule has 0 spiro atoms. The van der Waals surface area contributed by atoms with Crippen LogP contribution in [0.4, 0.5) is 5.82 Å². The molecule has 0 aromatic carbocycles. The van der Waals surface area contributed by atoms with E-state index in [9.17, 15) is 9.90 Å². The van der Waals surface area contributed by atoms with E-state index < -0.39 is 24.1 Å². The minimum absolute atomic E-state index is 0.139. The number of hydrogen-bond acceptors (Lipinski definition) is 7. The molecule has 0 amide bonds. The summed E-state index contributed by atoms with van der Waals surface area (Å²) in [6.07, 6.45) is 0.129. The van der Waals surface area contributed by atoms with Crippen LogP contribution in [0, 0.1) is 0 Å². The van der Waals surface area contributed by atoms with Crippen molar-refractivity contribution in [2.45, 2.75) is 31.5 Å². The normalized spacial score (nSPS) is 26.1. The molecule has 1 aromatic rings. The number of methoxy groups -OCH3 is 2. The molecule has 0 bridgehead atoms. The van der Waals surface area contributed by atoms with Gasteiger partial charge in [-0.15, -0.1) is 0 Å². The van der Waals surface area contributed by atoms with E-state index in [-0.39, 0.29) is 19.0 Å². The van der Waals surface area contributed by atoms with Gasteiger partial charge in [-0.1, -0.05) is 0 Å². The largest absolute Gasteiger partial charge is 0.390 e. The smallest absolute Gasteiger partial charge is 0.351 e. The van der Waals surface area contributed by atoms with Gasteiger partial charge in [-0.25, -0.2) is 4.79 Å². The molecule has 1 saturated heterocycles. The van der Waals surface area contributed by atoms with Crippen LogP contribution >= 0.6 is 0 Å². The molecular weight excluding hydrogens is 266 g/mol. The highest BCUT2D eigenvalue weighted by Gasteiger charge is 2.35. The van der Waals surface area contributed by atoms with Gasteiger partial charge in [0, 0.05) is 32.4 Å². The van der Waals surface area contributed by atoms with E-state index in [4.69, 9.17) is 19.9 Å². The quantitative estimate of drug-likeness (QED) is 0.733. The monoisotopic (exact) mass is 285 g/mol. The van der Waals surface area contributed by atoms with Crippen LogP contribution in [-0.2, 0) is 20.8 Å². The summed E-state index contributed by atoms with van der Waals surface area (Å²) in [5.41, 5.74) is 5.74. The van der Waals surface area contributed by atoms with Gasteiger partial charge in [0.15, 0.2) is 0 Å². The minimum atomic E-state index is -0.685. The molecule has 0 radical (unpaired) electrons. The van der Waals surface area contributed by atoms with E-state index in [2.05, 4.69) is 4.98 Å². The summed E-state index contributed by atoms with van der Waals surface area (Å²) in [7, 11) is 3.05. The van der Waals surface area contributed by atoms with Crippen molar-refractivity contribution in [3.8, 4) is 0 Å². The zero-order valence-electron chi connectivity index (χ0n) is 11.5. The third-order valence-electron chi connectivity index (χ3n) is 3.21. The van der Waals surface area contributed by atoms with Gasteiger partial charge in [-0.2, -0.15) is 4.98 Å². The number of anilines is 1. The Balaban J connectivity index is 2.25. The third kappa shape index (κ3) is 2.98. The van der Waals surface area contributed by atoms with Crippen LogP contribution in [0.3, 0.4) is 0 Å². The van der Waals surface area contributed by atoms with E-state index in [0.717, 1.165) is 0 Å². The highest BCUT2D eigenvalue weighted by Crippen LogP contribution is 2.28. The summed E-state index contributed by atoms with van der Waals surface area (Å²) in [6, 6.07) is 0. The predicted octanol–water partition coefficient (Wildman–Crippen LogP) is -0.733. The Labute approximate surface area is 116 Å². The van der Waals surface area contributed by atoms with E-state index in [0.29, 0.717) is 12.0 Å². The fraction of sp³-hybridized carbons (Fsp3) is 0.667. The number of rotatable bonds is 5. The number of aliphatic hydroxyl groups is 1. The number of aliphatic hydroxyl groups excluding tert-OH is 1. The molecular formula is C12H19N3O5. The van der Waals surface area contributed by atoms with E-state index in [1.54, 1.807) is 6.20 Å². The summed E-state index contributed by atoms with van der Waals surface area (Å²) in [5.74, 6) is 0.139. The average molecular weight is 285 g/mol. The first kappa shape index (κ1) is 14.9. The average Bonchev–Trinajstić information content (AvgIpc) is 2.75. The Kier molecular flexibility index (Phi) is 4.71. The molecule has 2 heterocycles. The van der Waals surface area contributed by atoms with Gasteiger partial charge in [0.2, 0.25) is 0 Å². The molecule has 8 nitrogen and oxygen atoms in total. The molecule has 8 heteroatoms. The van der Waals surface area contributed by atoms with Crippen LogP contribution in [0.25, 0.3) is 0 Å². The molecule has 0 saturated carbocycles. The van der Waals surface area contributed by atoms with E-state index >= 15 is 0 Å². The first-order valence-corrected chi connectivity index (χ1v) is 6.25. The van der Waals surface area contributed by atoms with Crippen LogP contribution in [0.1, 0.15) is 18.2 Å². The third-order valence-corrected chi connectivity index (χ3v) is 3.21. The highest BCUT2D eigenvalue weighted by molar-refractivity contribution is 5.36. The number of aromatic nitrogens is 2. The minimum Gasteiger partial charge on any atom is -0.390 e. The fourth-order valence-electron chi connectivity index (χ4n) is 2.19. The van der Waals surface area contributed by atoms with E-state index in [1.807, 2.05) is 0 Å². The predicted molar refractivity (Wildman–Crippen MR) is 70.0 cm³/mol. The molecule has 3 atom stereocenters. The number of nitrogen functional groups attached to an aromatic ring is 1. The summed E-state index contributed by atoms with van der Waals surface area (Å²) >= 11 is 0. The van der Waals surface area contributed by atoms with Crippen molar-refractivity contribution < 1.29 is 19.3 Å². The van der Waals surface area contributed by atoms with Gasteiger partial charge < -0.3 is 25.1 Å². The van der Waals surface area contributed by atoms with Gasteiger partial charge in [-0.3, -0.25) is 4.57 Å². The Morgan fingerprint density at radius 2 is 2.30 bits per heavy atom. The summed E-state index contributed by atoms with van der Waals surface area (Å²) < 4.78 is 16.9. The Morgan fingerprint density at radius 1 is 1.55 bits per heavy atom. The van der Waals surface area contributed by atoms with Crippen LogP contribution in [0.15, 0.2) is 11.0 Å². The van der Waals surface area contributed by atoms with Gasteiger partial charge >= 0.3 is 5.69 Å². The molecule has 2 rings (SSSR count). The Bertz CT molecular complexity index is 518. The van der Waals surface area contributed by atoms with Gasteiger partial charge in [0.05, 0.1) is 19.3 Å². The molecule has 20 heavy (non-hydrogen) atoms. The Hall–Kier alpha value is -1.48. The molecule has 3 N–H and O–H groups in total. The van der Waals surface area contributed by atoms with Gasteiger partial charge in [-0.05, 0) is 0 Å². The number of nitrogens with two attached hydrogens (primary N) is 1. The summed E-state index contributed by atoms with van der Waals surface area (Å²) in [5, 5.41) is 9.88. The van der Waals surface area contributed by atoms with Gasteiger partial charge in [0.25, 0.3) is 0 Å². The number of ether oxygens (including phenoxy) is 3. The molecule has 0 unspecified atom stereocenters. The van der Waals surface area contributed by atoms with Crippen LogP contribution in [0.2, 0.25) is 0 Å². The second-order valence-corrected chi connectivity index (χ2v) is 4.66. The summed E-state index contributed by atoms with van der Waals surface area (Å²) in [6.45, 7) is 0.510. The number of nitrogens with zero attached hydrogens (tertiary/aromatic N) is 2. The maximum Gasteiger partial charge on any atom is 0.351 e. The molecule has 112 valence electrons. The van der Waals surface area contributed by atoms with Crippen molar-refractivity contribution in [3.05, 3.63) is 22.2 Å². The fourth-order valence-corrected chi connectivity index (χ4v) is 2.19. The lowest BCUT2D eigenvalue weighted by molar-refractivity contribution is -0.0547. The molecule has 1 aliphatic heterocycles. The number of hydrogen-bond donors (Lipinski definition) is 2. The molecule has 1 fully saturated rings. The van der Waals surface area contributed by atoms with Crippen molar-refractivity contribution >= 4 is 5.82 Å². The van der Waals surface area contributed by atoms with E-state index in [1.165, 1.54) is 18.8 Å². The summed E-state index contributed by atoms with van der Waals surface area (Å²) in [4.78, 5) is 15.6. The molecule has 0 aliphatic carbocycles. The first-order valence-electron chi connectivity index (χ1n) is 6.25. The Morgan fingerprint density at radius 3 is 2.95 bits per heavy atom. The van der Waals surface area contributed by atoms with Crippen LogP contribution in [0.5, 0.6) is 0 Å². The lowest BCUT2D eigenvalue weighted by atomic mass is 10.2. The van der Waals surface area contributed by atoms with Crippen molar-refractivity contribution in [2.24, 2.45) is 0 Å². The second-order valence-electron chi connectivity index (χ2n) is 4.66. The zero-order chi connectivity index (χ0) is 14.7.